The van der Waals surface area contributed by atoms with Crippen LogP contribution in [-0.4, -0.2) is 24.4 Å². The number of para-hydroxylation sites is 1. The third kappa shape index (κ3) is 2.76. The van der Waals surface area contributed by atoms with Crippen molar-refractivity contribution in [2.24, 2.45) is 0 Å². The molecule has 1 aromatic carbocycles. The van der Waals surface area contributed by atoms with Crippen molar-refractivity contribution in [3.05, 3.63) is 29.6 Å². The molecule has 2 atom stereocenters. The van der Waals surface area contributed by atoms with Crippen molar-refractivity contribution in [1.29, 1.82) is 0 Å². The molecule has 2 rings (SSSR count). The number of hydrogen-bond acceptors (Lipinski definition) is 3. The molecule has 2 N–H and O–H groups in total. The fourth-order valence-corrected chi connectivity index (χ4v) is 2.39. The molecule has 0 bridgehead atoms. The zero-order chi connectivity index (χ0) is 12.3. The lowest BCUT2D eigenvalue weighted by Gasteiger charge is -2.20. The van der Waals surface area contributed by atoms with Crippen LogP contribution < -0.4 is 5.32 Å². The van der Waals surface area contributed by atoms with Crippen LogP contribution in [0.25, 0.3) is 0 Å². The first-order valence-corrected chi connectivity index (χ1v) is 5.95. The van der Waals surface area contributed by atoms with E-state index < -0.39 is 5.82 Å². The Hall–Kier alpha value is -1.13. The number of benzene rings is 1. The predicted molar refractivity (Wildman–Crippen MR) is 63.3 cm³/mol. The van der Waals surface area contributed by atoms with Crippen LogP contribution in [0.3, 0.4) is 0 Å². The molecule has 1 aromatic rings. The lowest BCUT2D eigenvalue weighted by Crippen LogP contribution is -2.36. The highest BCUT2D eigenvalue weighted by Gasteiger charge is 2.26. The summed E-state index contributed by atoms with van der Waals surface area (Å²) in [5.41, 5.74) is 0.590. The van der Waals surface area contributed by atoms with Crippen LogP contribution in [0.2, 0.25) is 0 Å². The van der Waals surface area contributed by atoms with E-state index in [9.17, 15) is 9.50 Å². The molecule has 0 aliphatic heterocycles. The van der Waals surface area contributed by atoms with E-state index in [4.69, 9.17) is 4.74 Å². The highest BCUT2D eigenvalue weighted by Crippen LogP contribution is 2.24. The molecule has 1 fully saturated rings. The smallest absolute Gasteiger partial charge is 0.165 e. The minimum atomic E-state index is -0.570. The van der Waals surface area contributed by atoms with Gasteiger partial charge in [-0.2, -0.15) is 0 Å². The van der Waals surface area contributed by atoms with Gasteiger partial charge in [-0.1, -0.05) is 12.1 Å². The molecule has 2 unspecified atom stereocenters. The highest BCUT2D eigenvalue weighted by atomic mass is 19.1. The number of rotatable bonds is 4. The summed E-state index contributed by atoms with van der Waals surface area (Å²) < 4.78 is 18.5. The molecule has 0 saturated heterocycles. The average Bonchev–Trinajstić information content (AvgIpc) is 2.78. The zero-order valence-corrected chi connectivity index (χ0v) is 9.95. The lowest BCUT2D eigenvalue weighted by molar-refractivity contribution is 0.0846. The molecule has 1 saturated carbocycles. The summed E-state index contributed by atoms with van der Waals surface area (Å²) in [7, 11) is 1.71. The molecular weight excluding hydrogens is 221 g/mol. The molecule has 0 spiro atoms. The van der Waals surface area contributed by atoms with Gasteiger partial charge < -0.3 is 15.2 Å². The van der Waals surface area contributed by atoms with Gasteiger partial charge in [0.15, 0.2) is 11.6 Å². The minimum absolute atomic E-state index is 0.228. The number of phenols is 1. The summed E-state index contributed by atoms with van der Waals surface area (Å²) in [4.78, 5) is 0. The monoisotopic (exact) mass is 239 g/mol. The van der Waals surface area contributed by atoms with Crippen molar-refractivity contribution >= 4 is 0 Å². The van der Waals surface area contributed by atoms with E-state index in [1.54, 1.807) is 19.2 Å². The molecule has 0 aromatic heterocycles. The van der Waals surface area contributed by atoms with Gasteiger partial charge in [-0.15, -0.1) is 0 Å². The van der Waals surface area contributed by atoms with Crippen molar-refractivity contribution in [3.8, 4) is 5.75 Å². The number of hydrogen-bond donors (Lipinski definition) is 2. The summed E-state index contributed by atoms with van der Waals surface area (Å²) in [6.07, 6.45) is 3.49. The maximum Gasteiger partial charge on any atom is 0.165 e. The van der Waals surface area contributed by atoms with Crippen LogP contribution in [0, 0.1) is 5.82 Å². The molecular formula is C13H18FNO2. The topological polar surface area (TPSA) is 41.5 Å². The van der Waals surface area contributed by atoms with E-state index in [1.165, 1.54) is 6.07 Å². The van der Waals surface area contributed by atoms with E-state index in [-0.39, 0.29) is 11.9 Å². The number of methoxy groups -OCH3 is 1. The SMILES string of the molecule is COC1CCCC1NCc1cccc(F)c1O. The van der Waals surface area contributed by atoms with Gasteiger partial charge in [0.25, 0.3) is 0 Å². The van der Waals surface area contributed by atoms with Gasteiger partial charge >= 0.3 is 0 Å². The second-order valence-corrected chi connectivity index (χ2v) is 4.44. The number of halogens is 1. The van der Waals surface area contributed by atoms with Gasteiger partial charge in [-0.05, 0) is 25.3 Å². The van der Waals surface area contributed by atoms with Gasteiger partial charge in [-0.3, -0.25) is 0 Å². The van der Waals surface area contributed by atoms with Gasteiger partial charge in [0.05, 0.1) is 6.10 Å². The van der Waals surface area contributed by atoms with Crippen LogP contribution in [-0.2, 0) is 11.3 Å². The maximum atomic E-state index is 13.1. The Labute approximate surface area is 101 Å². The fraction of sp³-hybridized carbons (Fsp3) is 0.538. The molecule has 3 nitrogen and oxygen atoms in total. The molecule has 0 radical (unpaired) electrons. The van der Waals surface area contributed by atoms with E-state index in [0.717, 1.165) is 19.3 Å². The number of nitrogens with one attached hydrogen (secondary N) is 1. The highest BCUT2D eigenvalue weighted by molar-refractivity contribution is 5.33. The standard InChI is InChI=1S/C13H18FNO2/c1-17-12-7-3-6-11(12)15-8-9-4-2-5-10(14)13(9)16/h2,4-5,11-12,15-16H,3,6-8H2,1H3. The van der Waals surface area contributed by atoms with Crippen molar-refractivity contribution in [3.63, 3.8) is 0 Å². The Morgan fingerprint density at radius 2 is 2.29 bits per heavy atom. The number of aromatic hydroxyl groups is 1. The largest absolute Gasteiger partial charge is 0.505 e. The first kappa shape index (κ1) is 12.3. The molecule has 94 valence electrons. The van der Waals surface area contributed by atoms with Gasteiger partial charge in [0, 0.05) is 25.3 Å². The average molecular weight is 239 g/mol. The Morgan fingerprint density at radius 3 is 3.06 bits per heavy atom. The number of ether oxygens (including phenoxy) is 1. The van der Waals surface area contributed by atoms with Crippen molar-refractivity contribution < 1.29 is 14.2 Å². The van der Waals surface area contributed by atoms with Crippen LogP contribution in [0.4, 0.5) is 4.39 Å². The molecule has 17 heavy (non-hydrogen) atoms. The van der Waals surface area contributed by atoms with Crippen LogP contribution in [0.5, 0.6) is 5.75 Å². The Balaban J connectivity index is 1.95. The first-order chi connectivity index (χ1) is 8.22. The van der Waals surface area contributed by atoms with Crippen molar-refractivity contribution in [2.45, 2.75) is 38.0 Å². The normalized spacial score (nSPS) is 24.1. The maximum absolute atomic E-state index is 13.1. The summed E-state index contributed by atoms with van der Waals surface area (Å²) in [6, 6.07) is 4.88. The van der Waals surface area contributed by atoms with Gasteiger partial charge in [-0.25, -0.2) is 4.39 Å². The third-order valence-corrected chi connectivity index (χ3v) is 3.38. The summed E-state index contributed by atoms with van der Waals surface area (Å²) in [5.74, 6) is -0.828. The fourth-order valence-electron chi connectivity index (χ4n) is 2.39. The van der Waals surface area contributed by atoms with Crippen LogP contribution in [0.15, 0.2) is 18.2 Å². The Morgan fingerprint density at radius 1 is 1.47 bits per heavy atom. The van der Waals surface area contributed by atoms with Gasteiger partial charge in [0.1, 0.15) is 0 Å². The Bertz CT molecular complexity index is 384. The number of phenolic OH excluding ortho intramolecular Hbond substituents is 1. The van der Waals surface area contributed by atoms with Crippen LogP contribution in [0.1, 0.15) is 24.8 Å². The Kier molecular flexibility index (Phi) is 3.97. The predicted octanol–water partition coefficient (Wildman–Crippen LogP) is 2.19. The zero-order valence-electron chi connectivity index (χ0n) is 9.95. The molecule has 0 heterocycles. The molecule has 0 amide bonds. The van der Waals surface area contributed by atoms with E-state index in [1.807, 2.05) is 0 Å². The summed E-state index contributed by atoms with van der Waals surface area (Å²) in [6.45, 7) is 0.466. The second kappa shape index (κ2) is 5.47. The van der Waals surface area contributed by atoms with E-state index >= 15 is 0 Å². The quantitative estimate of drug-likeness (QED) is 0.846. The second-order valence-electron chi connectivity index (χ2n) is 4.44. The van der Waals surface area contributed by atoms with Crippen molar-refractivity contribution in [1.82, 2.24) is 5.32 Å². The summed E-state index contributed by atoms with van der Waals surface area (Å²) in [5, 5.41) is 12.9. The molecule has 4 heteroatoms. The lowest BCUT2D eigenvalue weighted by atomic mass is 10.1. The molecule has 1 aliphatic carbocycles. The van der Waals surface area contributed by atoms with E-state index in [2.05, 4.69) is 5.32 Å². The summed E-state index contributed by atoms with van der Waals surface area (Å²) >= 11 is 0. The van der Waals surface area contributed by atoms with Crippen molar-refractivity contribution in [2.75, 3.05) is 7.11 Å². The van der Waals surface area contributed by atoms with Crippen LogP contribution >= 0.6 is 0 Å². The van der Waals surface area contributed by atoms with Gasteiger partial charge in [0.2, 0.25) is 0 Å². The molecule has 1 aliphatic rings. The third-order valence-electron chi connectivity index (χ3n) is 3.38. The first-order valence-electron chi connectivity index (χ1n) is 5.95. The minimum Gasteiger partial charge on any atom is -0.505 e. The van der Waals surface area contributed by atoms with E-state index in [0.29, 0.717) is 18.2 Å².